The van der Waals surface area contributed by atoms with E-state index in [2.05, 4.69) is 24.7 Å². The molecule has 180 valence electrons. The fourth-order valence-corrected chi connectivity index (χ4v) is 4.98. The number of benzene rings is 1. The summed E-state index contributed by atoms with van der Waals surface area (Å²) in [6.07, 6.45) is 9.28. The highest BCUT2D eigenvalue weighted by Crippen LogP contribution is 2.29. The number of ether oxygens (including phenoxy) is 3. The highest BCUT2D eigenvalue weighted by Gasteiger charge is 2.22. The summed E-state index contributed by atoms with van der Waals surface area (Å²) in [5.41, 5.74) is 2.79. The van der Waals surface area contributed by atoms with Crippen LogP contribution in [0.4, 0.5) is 0 Å². The first kappa shape index (κ1) is 24.0. The molecule has 1 amide bonds. The van der Waals surface area contributed by atoms with Crippen molar-refractivity contribution in [3.63, 3.8) is 0 Å². The highest BCUT2D eigenvalue weighted by atomic mass is 32.1. The molecule has 0 radical (unpaired) electrons. The third-order valence-corrected chi connectivity index (χ3v) is 6.66. The van der Waals surface area contributed by atoms with Crippen LogP contribution in [0.3, 0.4) is 0 Å². The van der Waals surface area contributed by atoms with Crippen molar-refractivity contribution >= 4 is 28.3 Å². The number of rotatable bonds is 10. The van der Waals surface area contributed by atoms with Crippen molar-refractivity contribution in [3.05, 3.63) is 65.0 Å². The van der Waals surface area contributed by atoms with E-state index in [1.165, 1.54) is 4.88 Å². The lowest BCUT2D eigenvalue weighted by molar-refractivity contribution is -0.128. The number of aryl methyl sites for hydroxylation is 2. The minimum Gasteiger partial charge on any atom is -0.493 e. The predicted molar refractivity (Wildman–Crippen MR) is 135 cm³/mol. The molecule has 0 spiro atoms. The first-order valence-electron chi connectivity index (χ1n) is 11.4. The minimum atomic E-state index is -0.0669. The van der Waals surface area contributed by atoms with Crippen LogP contribution in [0.25, 0.3) is 11.0 Å². The molecule has 3 heterocycles. The quantitative estimate of drug-likeness (QED) is 0.307. The number of hydrogen-bond acceptors (Lipinski definition) is 6. The zero-order valence-corrected chi connectivity index (χ0v) is 20.8. The highest BCUT2D eigenvalue weighted by molar-refractivity contribution is 7.17. The van der Waals surface area contributed by atoms with Gasteiger partial charge in [-0.05, 0) is 50.5 Å². The number of nitrogens with zero attached hydrogens (tertiary/aromatic N) is 3. The summed E-state index contributed by atoms with van der Waals surface area (Å²) in [6.45, 7) is 9.83. The Morgan fingerprint density at radius 2 is 2.24 bits per heavy atom. The lowest BCUT2D eigenvalue weighted by Crippen LogP contribution is -2.35. The first-order chi connectivity index (χ1) is 16.5. The number of thiazole rings is 1. The van der Waals surface area contributed by atoms with Crippen LogP contribution in [0.1, 0.15) is 34.7 Å². The summed E-state index contributed by atoms with van der Waals surface area (Å²) >= 11 is 1.64. The molecule has 8 heteroatoms. The fourth-order valence-electron chi connectivity index (χ4n) is 4.10. The van der Waals surface area contributed by atoms with Crippen molar-refractivity contribution in [3.8, 4) is 11.5 Å². The molecule has 0 bridgehead atoms. The fraction of sp³-hybridized carbons (Fsp3) is 0.385. The maximum absolute atomic E-state index is 13.3. The van der Waals surface area contributed by atoms with Gasteiger partial charge in [0.25, 0.3) is 0 Å². The first-order valence-corrected chi connectivity index (χ1v) is 12.2. The number of carbonyl (C=O) groups is 1. The molecule has 3 aromatic rings. The molecule has 1 unspecified atom stereocenters. The summed E-state index contributed by atoms with van der Waals surface area (Å²) in [6, 6.07) is 5.74. The van der Waals surface area contributed by atoms with Crippen molar-refractivity contribution in [1.29, 1.82) is 0 Å². The second-order valence-electron chi connectivity index (χ2n) is 8.35. The van der Waals surface area contributed by atoms with Crippen LogP contribution in [0.2, 0.25) is 0 Å². The van der Waals surface area contributed by atoms with Gasteiger partial charge in [0.15, 0.2) is 16.5 Å². The number of aromatic nitrogens is 2. The maximum atomic E-state index is 13.3. The van der Waals surface area contributed by atoms with Gasteiger partial charge in [-0.1, -0.05) is 18.7 Å². The number of methoxy groups -OCH3 is 1. The summed E-state index contributed by atoms with van der Waals surface area (Å²) in [5.74, 6) is 1.21. The van der Waals surface area contributed by atoms with Crippen LogP contribution in [-0.4, -0.2) is 53.2 Å². The average molecular weight is 482 g/mol. The van der Waals surface area contributed by atoms with E-state index in [1.54, 1.807) is 30.6 Å². The van der Waals surface area contributed by atoms with Crippen molar-refractivity contribution in [2.24, 2.45) is 0 Å². The van der Waals surface area contributed by atoms with Crippen LogP contribution >= 0.6 is 11.3 Å². The molecule has 2 aromatic heterocycles. The normalized spacial score (nSPS) is 15.8. The van der Waals surface area contributed by atoms with E-state index in [1.807, 2.05) is 40.5 Å². The molecular formula is C26H31N3O4S. The summed E-state index contributed by atoms with van der Waals surface area (Å²) in [4.78, 5) is 21.9. The molecule has 0 saturated carbocycles. The Morgan fingerprint density at radius 3 is 2.97 bits per heavy atom. The molecular weight excluding hydrogens is 450 g/mol. The molecule has 0 N–H and O–H groups in total. The van der Waals surface area contributed by atoms with Crippen molar-refractivity contribution in [2.75, 3.05) is 26.9 Å². The van der Waals surface area contributed by atoms with E-state index in [4.69, 9.17) is 14.2 Å². The topological polar surface area (TPSA) is 65.3 Å². The Kier molecular flexibility index (Phi) is 7.70. The number of hydrogen-bond donors (Lipinski definition) is 0. The van der Waals surface area contributed by atoms with Gasteiger partial charge in [-0.2, -0.15) is 0 Å². The van der Waals surface area contributed by atoms with Crippen LogP contribution in [0.15, 0.2) is 43.1 Å². The maximum Gasteiger partial charge on any atom is 0.247 e. The largest absolute Gasteiger partial charge is 0.493 e. The Bertz CT molecular complexity index is 1190. The number of fused-ring (bicyclic) bond motifs is 1. The Hall–Kier alpha value is -3.10. The van der Waals surface area contributed by atoms with Crippen LogP contribution in [0, 0.1) is 13.8 Å². The van der Waals surface area contributed by atoms with Crippen LogP contribution in [-0.2, 0) is 16.1 Å². The summed E-state index contributed by atoms with van der Waals surface area (Å²) < 4.78 is 19.0. The van der Waals surface area contributed by atoms with E-state index in [0.717, 1.165) is 41.4 Å². The van der Waals surface area contributed by atoms with Gasteiger partial charge in [-0.15, -0.1) is 11.3 Å². The van der Waals surface area contributed by atoms with Gasteiger partial charge < -0.3 is 19.1 Å². The monoisotopic (exact) mass is 481 g/mol. The van der Waals surface area contributed by atoms with Gasteiger partial charge in [0, 0.05) is 36.8 Å². The van der Waals surface area contributed by atoms with Gasteiger partial charge in [0.05, 0.1) is 24.6 Å². The van der Waals surface area contributed by atoms with Gasteiger partial charge in [0.2, 0.25) is 5.91 Å². The molecule has 34 heavy (non-hydrogen) atoms. The van der Waals surface area contributed by atoms with Crippen LogP contribution in [0.5, 0.6) is 11.5 Å². The van der Waals surface area contributed by atoms with E-state index in [9.17, 15) is 4.79 Å². The molecule has 0 aliphatic carbocycles. The van der Waals surface area contributed by atoms with E-state index >= 15 is 0 Å². The smallest absolute Gasteiger partial charge is 0.247 e. The van der Waals surface area contributed by atoms with Gasteiger partial charge >= 0.3 is 0 Å². The Balaban J connectivity index is 1.55. The standard InChI is InChI=1S/C26H31N3O4S/c1-5-12-33-23-10-8-20(14-24(23)31-4)16-28(17-21-7-6-13-32-21)25(30)11-9-22-19(3)27-26-29(22)15-18(2)34-26/h5,8-11,14-15,21H,1,6-7,12-13,16-17H2,2-4H3/b11-9+. The Labute approximate surface area is 204 Å². The summed E-state index contributed by atoms with van der Waals surface area (Å²) in [7, 11) is 1.61. The molecule has 1 aliphatic heterocycles. The minimum absolute atomic E-state index is 0.0531. The lowest BCUT2D eigenvalue weighted by Gasteiger charge is -2.25. The zero-order valence-electron chi connectivity index (χ0n) is 20.0. The molecule has 7 nitrogen and oxygen atoms in total. The van der Waals surface area contributed by atoms with E-state index in [-0.39, 0.29) is 12.0 Å². The predicted octanol–water partition coefficient (Wildman–Crippen LogP) is 4.81. The number of carbonyl (C=O) groups excluding carboxylic acids is 1. The third kappa shape index (κ3) is 5.51. The van der Waals surface area contributed by atoms with E-state index in [0.29, 0.717) is 31.2 Å². The Morgan fingerprint density at radius 1 is 1.38 bits per heavy atom. The zero-order chi connectivity index (χ0) is 24.1. The van der Waals surface area contributed by atoms with Crippen molar-refractivity contribution in [2.45, 2.75) is 39.3 Å². The number of amides is 1. The van der Waals surface area contributed by atoms with Crippen molar-refractivity contribution < 1.29 is 19.0 Å². The van der Waals surface area contributed by atoms with Crippen LogP contribution < -0.4 is 9.47 Å². The van der Waals surface area contributed by atoms with Crippen molar-refractivity contribution in [1.82, 2.24) is 14.3 Å². The molecule has 1 fully saturated rings. The molecule has 4 rings (SSSR count). The lowest BCUT2D eigenvalue weighted by atomic mass is 10.1. The van der Waals surface area contributed by atoms with Gasteiger partial charge in [-0.3, -0.25) is 9.20 Å². The molecule has 1 aromatic carbocycles. The second kappa shape index (κ2) is 10.9. The molecule has 1 saturated heterocycles. The van der Waals surface area contributed by atoms with Gasteiger partial charge in [0.1, 0.15) is 6.61 Å². The van der Waals surface area contributed by atoms with Gasteiger partial charge in [-0.25, -0.2) is 4.98 Å². The molecule has 1 aliphatic rings. The molecule has 1 atom stereocenters. The SMILES string of the molecule is C=CCOc1ccc(CN(CC2CCCO2)C(=O)/C=C/c2c(C)nc3sc(C)cn23)cc1OC. The average Bonchev–Trinajstić information content (AvgIpc) is 3.53. The summed E-state index contributed by atoms with van der Waals surface area (Å²) in [5, 5.41) is 0. The second-order valence-corrected chi connectivity index (χ2v) is 9.56. The van der Waals surface area contributed by atoms with E-state index < -0.39 is 0 Å². The number of imidazole rings is 1. The third-order valence-electron chi connectivity index (χ3n) is 5.76.